The smallest absolute Gasteiger partial charge is 0.240 e. The fourth-order valence-electron chi connectivity index (χ4n) is 1.75. The highest BCUT2D eigenvalue weighted by molar-refractivity contribution is 5.87. The highest BCUT2D eigenvalue weighted by Crippen LogP contribution is 2.05. The van der Waals surface area contributed by atoms with Gasteiger partial charge in [0.05, 0.1) is 12.5 Å². The van der Waals surface area contributed by atoms with E-state index in [4.69, 9.17) is 11.0 Å². The van der Waals surface area contributed by atoms with Crippen LogP contribution in [0.3, 0.4) is 0 Å². The van der Waals surface area contributed by atoms with Crippen LogP contribution in [0.25, 0.3) is 0 Å². The summed E-state index contributed by atoms with van der Waals surface area (Å²) in [5.74, 6) is -1.47. The number of carbonyl (C=O) groups is 2. The van der Waals surface area contributed by atoms with Gasteiger partial charge in [-0.3, -0.25) is 9.59 Å². The average Bonchev–Trinajstić information content (AvgIpc) is 2.37. The van der Waals surface area contributed by atoms with Crippen LogP contribution in [0.5, 0.6) is 0 Å². The minimum absolute atomic E-state index is 0.0280. The minimum atomic E-state index is -0.801. The summed E-state index contributed by atoms with van der Waals surface area (Å²) in [6, 6.07) is 6.83. The molecule has 0 unspecified atom stereocenters. The van der Waals surface area contributed by atoms with Gasteiger partial charge < -0.3 is 11.1 Å². The van der Waals surface area contributed by atoms with E-state index in [-0.39, 0.29) is 6.42 Å². The Labute approximate surface area is 116 Å². The van der Waals surface area contributed by atoms with Crippen LogP contribution in [-0.4, -0.2) is 17.9 Å². The SMILES string of the molecule is N#CCCC[C@@H](NC(=O)Cc1cccc(F)c1)C(N)=O. The molecule has 20 heavy (non-hydrogen) atoms. The van der Waals surface area contributed by atoms with Gasteiger partial charge in [-0.05, 0) is 30.5 Å². The summed E-state index contributed by atoms with van der Waals surface area (Å²) in [6.07, 6.45) is 1.06. The average molecular weight is 277 g/mol. The number of hydrogen-bond acceptors (Lipinski definition) is 3. The Hall–Kier alpha value is -2.42. The van der Waals surface area contributed by atoms with E-state index in [1.807, 2.05) is 6.07 Å². The number of hydrogen-bond donors (Lipinski definition) is 2. The fraction of sp³-hybridized carbons (Fsp3) is 0.357. The topological polar surface area (TPSA) is 96.0 Å². The molecule has 1 rings (SSSR count). The van der Waals surface area contributed by atoms with E-state index < -0.39 is 23.7 Å². The molecule has 0 aliphatic carbocycles. The van der Waals surface area contributed by atoms with Crippen molar-refractivity contribution in [2.75, 3.05) is 0 Å². The van der Waals surface area contributed by atoms with Crippen LogP contribution in [0.1, 0.15) is 24.8 Å². The van der Waals surface area contributed by atoms with Gasteiger partial charge in [-0.2, -0.15) is 5.26 Å². The van der Waals surface area contributed by atoms with E-state index in [1.54, 1.807) is 6.07 Å². The standard InChI is InChI=1S/C14H16FN3O2/c15-11-5-3-4-10(8-11)9-13(19)18-12(14(17)20)6-1-2-7-16/h3-5,8,12H,1-2,6,9H2,(H2,17,20)(H,18,19)/t12-/m1/s1. The van der Waals surface area contributed by atoms with E-state index in [9.17, 15) is 14.0 Å². The predicted octanol–water partition coefficient (Wildman–Crippen LogP) is 1.03. The number of primary amides is 1. The number of carbonyl (C=O) groups excluding carboxylic acids is 2. The molecule has 3 N–H and O–H groups in total. The number of amides is 2. The summed E-state index contributed by atoms with van der Waals surface area (Å²) >= 11 is 0. The van der Waals surface area contributed by atoms with Crippen molar-refractivity contribution in [1.82, 2.24) is 5.32 Å². The van der Waals surface area contributed by atoms with Gasteiger partial charge in [0.1, 0.15) is 11.9 Å². The van der Waals surface area contributed by atoms with Gasteiger partial charge in [0.2, 0.25) is 11.8 Å². The summed E-state index contributed by atoms with van der Waals surface area (Å²) in [6.45, 7) is 0. The quantitative estimate of drug-likeness (QED) is 0.728. The van der Waals surface area contributed by atoms with Crippen molar-refractivity contribution >= 4 is 11.8 Å². The monoisotopic (exact) mass is 277 g/mol. The molecule has 0 heterocycles. The highest BCUT2D eigenvalue weighted by Gasteiger charge is 2.17. The van der Waals surface area contributed by atoms with Crippen molar-refractivity contribution in [2.45, 2.75) is 31.7 Å². The molecule has 0 aromatic heterocycles. The normalized spacial score (nSPS) is 11.4. The Morgan fingerprint density at radius 3 is 2.80 bits per heavy atom. The van der Waals surface area contributed by atoms with Gasteiger partial charge in [-0.25, -0.2) is 4.39 Å². The van der Waals surface area contributed by atoms with Gasteiger partial charge >= 0.3 is 0 Å². The summed E-state index contributed by atoms with van der Waals surface area (Å²) in [5, 5.41) is 10.9. The van der Waals surface area contributed by atoms with Crippen LogP contribution in [-0.2, 0) is 16.0 Å². The Morgan fingerprint density at radius 2 is 2.20 bits per heavy atom. The lowest BCUT2D eigenvalue weighted by molar-refractivity contribution is -0.127. The lowest BCUT2D eigenvalue weighted by Crippen LogP contribution is -2.44. The molecule has 0 fully saturated rings. The minimum Gasteiger partial charge on any atom is -0.368 e. The Morgan fingerprint density at radius 1 is 1.45 bits per heavy atom. The van der Waals surface area contributed by atoms with Crippen LogP contribution in [0.2, 0.25) is 0 Å². The largest absolute Gasteiger partial charge is 0.368 e. The van der Waals surface area contributed by atoms with Crippen LogP contribution >= 0.6 is 0 Å². The molecule has 2 amide bonds. The number of unbranched alkanes of at least 4 members (excludes halogenated alkanes) is 1. The summed E-state index contributed by atoms with van der Waals surface area (Å²) in [5.41, 5.74) is 5.70. The molecular weight excluding hydrogens is 261 g/mol. The second kappa shape index (κ2) is 7.89. The van der Waals surface area contributed by atoms with Gasteiger partial charge in [0, 0.05) is 6.42 Å². The zero-order valence-electron chi connectivity index (χ0n) is 10.9. The molecule has 1 atom stereocenters. The van der Waals surface area contributed by atoms with Crippen molar-refractivity contribution in [3.05, 3.63) is 35.6 Å². The van der Waals surface area contributed by atoms with E-state index >= 15 is 0 Å². The third-order valence-corrected chi connectivity index (χ3v) is 2.71. The van der Waals surface area contributed by atoms with Gasteiger partial charge in [0.25, 0.3) is 0 Å². The van der Waals surface area contributed by atoms with E-state index in [0.717, 1.165) is 0 Å². The highest BCUT2D eigenvalue weighted by atomic mass is 19.1. The number of nitrogens with zero attached hydrogens (tertiary/aromatic N) is 1. The third kappa shape index (κ3) is 5.48. The second-order valence-electron chi connectivity index (χ2n) is 4.38. The van der Waals surface area contributed by atoms with Crippen molar-refractivity contribution in [1.29, 1.82) is 5.26 Å². The van der Waals surface area contributed by atoms with E-state index in [0.29, 0.717) is 24.8 Å². The Kier molecular flexibility index (Phi) is 6.17. The van der Waals surface area contributed by atoms with Crippen LogP contribution in [0, 0.1) is 17.1 Å². The summed E-state index contributed by atoms with van der Waals surface area (Å²) < 4.78 is 13.0. The molecule has 106 valence electrons. The van der Waals surface area contributed by atoms with Crippen molar-refractivity contribution < 1.29 is 14.0 Å². The predicted molar refractivity (Wildman–Crippen MR) is 70.7 cm³/mol. The third-order valence-electron chi connectivity index (χ3n) is 2.71. The molecule has 0 radical (unpaired) electrons. The fourth-order valence-corrected chi connectivity index (χ4v) is 1.75. The molecule has 5 nitrogen and oxygen atoms in total. The molecule has 0 saturated carbocycles. The summed E-state index contributed by atoms with van der Waals surface area (Å²) in [7, 11) is 0. The molecule has 0 saturated heterocycles. The Bertz CT molecular complexity index is 525. The van der Waals surface area contributed by atoms with Crippen LogP contribution < -0.4 is 11.1 Å². The molecular formula is C14H16FN3O2. The number of halogens is 1. The lowest BCUT2D eigenvalue weighted by Gasteiger charge is -2.14. The molecule has 0 aliphatic heterocycles. The number of nitrogens with one attached hydrogen (secondary N) is 1. The van der Waals surface area contributed by atoms with Crippen LogP contribution in [0.4, 0.5) is 4.39 Å². The van der Waals surface area contributed by atoms with Crippen molar-refractivity contribution in [3.63, 3.8) is 0 Å². The first-order chi connectivity index (χ1) is 9.52. The van der Waals surface area contributed by atoms with Crippen molar-refractivity contribution in [2.24, 2.45) is 5.73 Å². The summed E-state index contributed by atoms with van der Waals surface area (Å²) in [4.78, 5) is 23.0. The van der Waals surface area contributed by atoms with Crippen molar-refractivity contribution in [3.8, 4) is 6.07 Å². The first-order valence-corrected chi connectivity index (χ1v) is 6.23. The Balaban J connectivity index is 2.53. The molecule has 0 spiro atoms. The van der Waals surface area contributed by atoms with Gasteiger partial charge in [-0.1, -0.05) is 12.1 Å². The second-order valence-corrected chi connectivity index (χ2v) is 4.38. The molecule has 1 aromatic rings. The molecule has 0 bridgehead atoms. The maximum absolute atomic E-state index is 13.0. The zero-order valence-corrected chi connectivity index (χ0v) is 10.9. The maximum atomic E-state index is 13.0. The number of rotatable bonds is 7. The van der Waals surface area contributed by atoms with Crippen LogP contribution in [0.15, 0.2) is 24.3 Å². The number of nitriles is 1. The number of nitrogens with two attached hydrogens (primary N) is 1. The number of benzene rings is 1. The molecule has 6 heteroatoms. The van der Waals surface area contributed by atoms with Gasteiger partial charge in [-0.15, -0.1) is 0 Å². The maximum Gasteiger partial charge on any atom is 0.240 e. The first-order valence-electron chi connectivity index (χ1n) is 6.23. The molecule has 0 aliphatic rings. The van der Waals surface area contributed by atoms with E-state index in [1.165, 1.54) is 18.2 Å². The first kappa shape index (κ1) is 15.6. The lowest BCUT2D eigenvalue weighted by atomic mass is 10.1. The zero-order chi connectivity index (χ0) is 15.0. The van der Waals surface area contributed by atoms with Gasteiger partial charge in [0.15, 0.2) is 0 Å². The molecule has 1 aromatic carbocycles. The van der Waals surface area contributed by atoms with E-state index in [2.05, 4.69) is 5.32 Å².